The highest BCUT2D eigenvalue weighted by Gasteiger charge is 2.12. The summed E-state index contributed by atoms with van der Waals surface area (Å²) in [6.07, 6.45) is 5.19. The molecular weight excluding hydrogens is 342 g/mol. The molecule has 4 aromatic heterocycles. The number of carbonyl (C=O) groups is 1. The molecule has 0 saturated heterocycles. The summed E-state index contributed by atoms with van der Waals surface area (Å²) in [6, 6.07) is 13.2. The Morgan fingerprint density at radius 1 is 1.11 bits per heavy atom. The summed E-state index contributed by atoms with van der Waals surface area (Å²) in [4.78, 5) is 24.7. The van der Waals surface area contributed by atoms with Crippen molar-refractivity contribution in [3.8, 4) is 11.3 Å². The molecule has 4 heterocycles. The first-order valence-electron chi connectivity index (χ1n) is 8.37. The van der Waals surface area contributed by atoms with E-state index < -0.39 is 5.97 Å². The Morgan fingerprint density at radius 3 is 2.78 bits per heavy atom. The van der Waals surface area contributed by atoms with Gasteiger partial charge in [-0.15, -0.1) is 0 Å². The summed E-state index contributed by atoms with van der Waals surface area (Å²) in [5.41, 5.74) is 4.25. The van der Waals surface area contributed by atoms with E-state index in [1.54, 1.807) is 18.3 Å². The normalized spacial score (nSPS) is 10.7. The fraction of sp³-hybridized carbons (Fsp3) is 0.100. The Hall–Kier alpha value is -3.74. The molecular formula is C20H17N5O2. The molecule has 7 heteroatoms. The van der Waals surface area contributed by atoms with Crippen molar-refractivity contribution in [3.05, 3.63) is 72.3 Å². The third-order valence-electron chi connectivity index (χ3n) is 4.18. The number of hydrogen-bond acceptors (Lipinski definition) is 6. The highest BCUT2D eigenvalue weighted by Crippen LogP contribution is 2.26. The van der Waals surface area contributed by atoms with E-state index >= 15 is 0 Å². The number of methoxy groups -OCH3 is 1. The number of imidazole rings is 1. The first kappa shape index (κ1) is 16.7. The molecule has 0 aliphatic carbocycles. The van der Waals surface area contributed by atoms with E-state index in [4.69, 9.17) is 0 Å². The van der Waals surface area contributed by atoms with Crippen LogP contribution in [0, 0.1) is 6.92 Å². The predicted molar refractivity (Wildman–Crippen MR) is 102 cm³/mol. The van der Waals surface area contributed by atoms with Crippen LogP contribution in [0.5, 0.6) is 0 Å². The largest absolute Gasteiger partial charge is 0.465 e. The lowest BCUT2D eigenvalue weighted by atomic mass is 10.1. The van der Waals surface area contributed by atoms with E-state index in [9.17, 15) is 4.79 Å². The van der Waals surface area contributed by atoms with Crippen molar-refractivity contribution in [2.24, 2.45) is 0 Å². The lowest BCUT2D eigenvalue weighted by Gasteiger charge is -2.08. The topological polar surface area (TPSA) is 81.4 Å². The van der Waals surface area contributed by atoms with Crippen LogP contribution in [-0.4, -0.2) is 32.4 Å². The molecule has 0 fully saturated rings. The zero-order valence-corrected chi connectivity index (χ0v) is 14.9. The van der Waals surface area contributed by atoms with Crippen molar-refractivity contribution in [2.45, 2.75) is 6.92 Å². The van der Waals surface area contributed by atoms with Gasteiger partial charge in [-0.05, 0) is 43.3 Å². The second-order valence-corrected chi connectivity index (χ2v) is 5.95. The Bertz CT molecular complexity index is 1120. The Kier molecular flexibility index (Phi) is 4.25. The van der Waals surface area contributed by atoms with Crippen LogP contribution in [-0.2, 0) is 4.74 Å². The van der Waals surface area contributed by atoms with E-state index in [-0.39, 0.29) is 0 Å². The van der Waals surface area contributed by atoms with E-state index in [0.717, 1.165) is 22.6 Å². The van der Waals surface area contributed by atoms with Gasteiger partial charge in [0.2, 0.25) is 0 Å². The summed E-state index contributed by atoms with van der Waals surface area (Å²) < 4.78 is 6.73. The summed E-state index contributed by atoms with van der Waals surface area (Å²) in [5, 5.41) is 3.15. The molecule has 4 aromatic rings. The fourth-order valence-electron chi connectivity index (χ4n) is 2.95. The number of pyridine rings is 3. The van der Waals surface area contributed by atoms with Crippen LogP contribution in [0.4, 0.5) is 11.6 Å². The number of fused-ring (bicyclic) bond motifs is 1. The van der Waals surface area contributed by atoms with Crippen LogP contribution in [0.25, 0.3) is 16.9 Å². The second kappa shape index (κ2) is 6.87. The third kappa shape index (κ3) is 3.22. The van der Waals surface area contributed by atoms with Gasteiger partial charge in [0, 0.05) is 24.2 Å². The minimum atomic E-state index is -0.419. The van der Waals surface area contributed by atoms with Crippen molar-refractivity contribution in [3.63, 3.8) is 0 Å². The SMILES string of the molecule is COC(=O)c1ccc(Nc2cc(-c3c(C)nc4ccccn34)ccn2)nc1. The monoisotopic (exact) mass is 359 g/mol. The smallest absolute Gasteiger partial charge is 0.339 e. The van der Waals surface area contributed by atoms with Gasteiger partial charge in [0.05, 0.1) is 24.1 Å². The van der Waals surface area contributed by atoms with Gasteiger partial charge in [0.1, 0.15) is 17.3 Å². The summed E-state index contributed by atoms with van der Waals surface area (Å²) >= 11 is 0. The number of nitrogens with one attached hydrogen (secondary N) is 1. The number of rotatable bonds is 4. The number of ether oxygens (including phenoxy) is 1. The van der Waals surface area contributed by atoms with Crippen molar-refractivity contribution < 1.29 is 9.53 Å². The molecule has 0 saturated carbocycles. The first-order valence-corrected chi connectivity index (χ1v) is 8.37. The van der Waals surface area contributed by atoms with Crippen LogP contribution in [0.1, 0.15) is 16.1 Å². The third-order valence-corrected chi connectivity index (χ3v) is 4.18. The van der Waals surface area contributed by atoms with Crippen LogP contribution < -0.4 is 5.32 Å². The molecule has 1 N–H and O–H groups in total. The number of carbonyl (C=O) groups excluding carboxylic acids is 1. The molecule has 4 rings (SSSR count). The predicted octanol–water partition coefficient (Wildman–Crippen LogP) is 3.63. The molecule has 0 radical (unpaired) electrons. The van der Waals surface area contributed by atoms with E-state index in [1.165, 1.54) is 13.3 Å². The fourth-order valence-corrected chi connectivity index (χ4v) is 2.95. The summed E-state index contributed by atoms with van der Waals surface area (Å²) in [5.74, 6) is 0.815. The van der Waals surface area contributed by atoms with E-state index in [2.05, 4.69) is 29.4 Å². The van der Waals surface area contributed by atoms with Crippen molar-refractivity contribution in [1.82, 2.24) is 19.4 Å². The van der Waals surface area contributed by atoms with Crippen LogP contribution in [0.3, 0.4) is 0 Å². The molecule has 27 heavy (non-hydrogen) atoms. The molecule has 0 unspecified atom stereocenters. The van der Waals surface area contributed by atoms with Gasteiger partial charge in [-0.2, -0.15) is 0 Å². The lowest BCUT2D eigenvalue weighted by Crippen LogP contribution is -2.03. The molecule has 0 spiro atoms. The van der Waals surface area contributed by atoms with E-state index in [1.807, 2.05) is 43.5 Å². The molecule has 7 nitrogen and oxygen atoms in total. The number of hydrogen-bond donors (Lipinski definition) is 1. The zero-order valence-electron chi connectivity index (χ0n) is 14.9. The van der Waals surface area contributed by atoms with Gasteiger partial charge in [0.15, 0.2) is 0 Å². The van der Waals surface area contributed by atoms with Gasteiger partial charge >= 0.3 is 5.97 Å². The van der Waals surface area contributed by atoms with Gasteiger partial charge < -0.3 is 10.1 Å². The minimum absolute atomic E-state index is 0.395. The number of anilines is 2. The highest BCUT2D eigenvalue weighted by atomic mass is 16.5. The molecule has 0 amide bonds. The standard InChI is InChI=1S/C20H17N5O2/c1-13-19(25-10-4-3-5-18(25)23-13)14-8-9-21-17(11-14)24-16-7-6-15(12-22-16)20(26)27-2/h3-12H,1-2H3,(H,21,22,24). The maximum Gasteiger partial charge on any atom is 0.339 e. The van der Waals surface area contributed by atoms with Crippen LogP contribution >= 0.6 is 0 Å². The first-order chi connectivity index (χ1) is 13.2. The van der Waals surface area contributed by atoms with E-state index in [0.29, 0.717) is 17.2 Å². The maximum atomic E-state index is 11.5. The second-order valence-electron chi connectivity index (χ2n) is 5.95. The quantitative estimate of drug-likeness (QED) is 0.560. The number of esters is 1. The average Bonchev–Trinajstić information content (AvgIpc) is 3.04. The molecule has 0 aliphatic heterocycles. The Morgan fingerprint density at radius 2 is 2.00 bits per heavy atom. The van der Waals surface area contributed by atoms with Gasteiger partial charge in [-0.3, -0.25) is 4.40 Å². The number of aryl methyl sites for hydroxylation is 1. The number of aromatic nitrogens is 4. The van der Waals surface area contributed by atoms with Gasteiger partial charge in [-0.25, -0.2) is 19.7 Å². The van der Waals surface area contributed by atoms with Crippen LogP contribution in [0.15, 0.2) is 61.1 Å². The molecule has 0 aliphatic rings. The van der Waals surface area contributed by atoms with Gasteiger partial charge in [-0.1, -0.05) is 6.07 Å². The summed E-state index contributed by atoms with van der Waals surface area (Å²) in [6.45, 7) is 1.99. The minimum Gasteiger partial charge on any atom is -0.465 e. The molecule has 0 aromatic carbocycles. The average molecular weight is 359 g/mol. The summed E-state index contributed by atoms with van der Waals surface area (Å²) in [7, 11) is 1.34. The number of nitrogens with zero attached hydrogens (tertiary/aromatic N) is 4. The lowest BCUT2D eigenvalue weighted by molar-refractivity contribution is 0.0600. The van der Waals surface area contributed by atoms with Crippen molar-refractivity contribution in [1.29, 1.82) is 0 Å². The molecule has 134 valence electrons. The van der Waals surface area contributed by atoms with Gasteiger partial charge in [0.25, 0.3) is 0 Å². The Labute approximate surface area is 155 Å². The molecule has 0 atom stereocenters. The zero-order chi connectivity index (χ0) is 18.8. The van der Waals surface area contributed by atoms with Crippen molar-refractivity contribution >= 4 is 23.3 Å². The highest BCUT2D eigenvalue weighted by molar-refractivity contribution is 5.89. The maximum absolute atomic E-state index is 11.5. The van der Waals surface area contributed by atoms with Crippen LogP contribution in [0.2, 0.25) is 0 Å². The van der Waals surface area contributed by atoms with Crippen molar-refractivity contribution in [2.75, 3.05) is 12.4 Å². The molecule has 0 bridgehead atoms. The Balaban J connectivity index is 1.65.